The molecule has 0 spiro atoms. The Morgan fingerprint density at radius 1 is 1.33 bits per heavy atom. The van der Waals surface area contributed by atoms with Gasteiger partial charge in [-0.15, -0.1) is 0 Å². The van der Waals surface area contributed by atoms with Gasteiger partial charge in [-0.2, -0.15) is 4.98 Å². The van der Waals surface area contributed by atoms with Crippen molar-refractivity contribution in [2.45, 2.75) is 45.7 Å². The molecule has 0 aliphatic heterocycles. The predicted octanol–water partition coefficient (Wildman–Crippen LogP) is 1.53. The number of hydrogen-bond acceptors (Lipinski definition) is 5. The van der Waals surface area contributed by atoms with Crippen LogP contribution in [0.4, 0.5) is 0 Å². The van der Waals surface area contributed by atoms with Crippen LogP contribution < -0.4 is 11.0 Å². The van der Waals surface area contributed by atoms with Gasteiger partial charge in [0, 0.05) is 11.7 Å². The van der Waals surface area contributed by atoms with Crippen LogP contribution in [0.3, 0.4) is 0 Å². The maximum Gasteiger partial charge on any atom is 0.346 e. The van der Waals surface area contributed by atoms with Gasteiger partial charge in [0.25, 0.3) is 0 Å². The van der Waals surface area contributed by atoms with E-state index in [2.05, 4.69) is 15.3 Å². The Morgan fingerprint density at radius 2 is 1.95 bits per heavy atom. The summed E-state index contributed by atoms with van der Waals surface area (Å²) in [6, 6.07) is 0.0687. The third kappa shape index (κ3) is 5.00. The Bertz CT molecular complexity index is 596. The number of rotatable bonds is 6. The van der Waals surface area contributed by atoms with Crippen LogP contribution in [0.1, 0.15) is 43.7 Å². The first-order valence-corrected chi connectivity index (χ1v) is 7.75. The summed E-state index contributed by atoms with van der Waals surface area (Å²) >= 11 is 1.10. The minimum absolute atomic E-state index is 0.0687. The first-order chi connectivity index (χ1) is 9.72. The zero-order valence-electron chi connectivity index (χ0n) is 12.9. The Kier molecular flexibility index (Phi) is 6.14. The fourth-order valence-electron chi connectivity index (χ4n) is 1.67. The van der Waals surface area contributed by atoms with Gasteiger partial charge in [-0.1, -0.05) is 25.6 Å². The number of nitrogens with zero attached hydrogens (tertiary/aromatic N) is 1. The first kappa shape index (κ1) is 17.4. The van der Waals surface area contributed by atoms with Crippen LogP contribution in [-0.2, 0) is 4.79 Å². The number of amides is 1. The molecular formula is C14H21N3O3S. The fraction of sp³-hybridized carbons (Fsp3) is 0.571. The van der Waals surface area contributed by atoms with E-state index in [-0.39, 0.29) is 23.5 Å². The summed E-state index contributed by atoms with van der Waals surface area (Å²) in [4.78, 5) is 41.2. The van der Waals surface area contributed by atoms with Crippen molar-refractivity contribution in [3.05, 3.63) is 21.7 Å². The van der Waals surface area contributed by atoms with Gasteiger partial charge < -0.3 is 10.3 Å². The molecule has 0 aliphatic rings. The second kappa shape index (κ2) is 7.40. The molecular weight excluding hydrogens is 290 g/mol. The highest BCUT2D eigenvalue weighted by Crippen LogP contribution is 2.21. The highest BCUT2D eigenvalue weighted by atomic mass is 32.2. The Labute approximate surface area is 128 Å². The van der Waals surface area contributed by atoms with Crippen LogP contribution in [0.25, 0.3) is 0 Å². The molecule has 1 aromatic heterocycles. The summed E-state index contributed by atoms with van der Waals surface area (Å²) in [6.45, 7) is 9.03. The number of aromatic amines is 1. The van der Waals surface area contributed by atoms with Gasteiger partial charge in [0.05, 0.1) is 11.3 Å². The fourth-order valence-corrected chi connectivity index (χ4v) is 2.61. The van der Waals surface area contributed by atoms with Crippen LogP contribution >= 0.6 is 11.8 Å². The number of H-pyrrole nitrogens is 1. The maximum absolute atomic E-state index is 11.9. The largest absolute Gasteiger partial charge is 0.353 e. The van der Waals surface area contributed by atoms with Gasteiger partial charge in [0.15, 0.2) is 5.78 Å². The summed E-state index contributed by atoms with van der Waals surface area (Å²) in [5.74, 6) is 0.129. The molecule has 0 radical (unpaired) electrons. The van der Waals surface area contributed by atoms with E-state index in [1.165, 1.54) is 6.92 Å². The van der Waals surface area contributed by atoms with Crippen molar-refractivity contribution in [3.63, 3.8) is 0 Å². The lowest BCUT2D eigenvalue weighted by Gasteiger charge is -2.17. The average Bonchev–Trinajstić information content (AvgIpc) is 2.34. The second-order valence-electron chi connectivity index (χ2n) is 5.29. The molecule has 0 bridgehead atoms. The summed E-state index contributed by atoms with van der Waals surface area (Å²) in [6.07, 6.45) is 0. The molecule has 6 nitrogen and oxygen atoms in total. The van der Waals surface area contributed by atoms with Gasteiger partial charge >= 0.3 is 5.69 Å². The number of aryl methyl sites for hydroxylation is 1. The molecule has 0 fully saturated rings. The van der Waals surface area contributed by atoms with E-state index in [0.29, 0.717) is 22.2 Å². The van der Waals surface area contributed by atoms with Crippen LogP contribution in [0.15, 0.2) is 9.82 Å². The lowest BCUT2D eigenvalue weighted by atomic mass is 10.1. The zero-order chi connectivity index (χ0) is 16.2. The molecule has 116 valence electrons. The normalized spacial score (nSPS) is 12.3. The molecule has 7 heteroatoms. The first-order valence-electron chi connectivity index (χ1n) is 6.76. The predicted molar refractivity (Wildman–Crippen MR) is 82.8 cm³/mol. The zero-order valence-corrected chi connectivity index (χ0v) is 13.8. The average molecular weight is 311 g/mol. The summed E-state index contributed by atoms with van der Waals surface area (Å²) in [7, 11) is 0. The highest BCUT2D eigenvalue weighted by molar-refractivity contribution is 8.00. The molecule has 1 atom stereocenters. The quantitative estimate of drug-likeness (QED) is 0.472. The molecule has 0 saturated carbocycles. The van der Waals surface area contributed by atoms with Gasteiger partial charge in [0.2, 0.25) is 5.91 Å². The van der Waals surface area contributed by atoms with Crippen molar-refractivity contribution in [3.8, 4) is 0 Å². The smallest absolute Gasteiger partial charge is 0.346 e. The number of hydrogen-bond donors (Lipinski definition) is 2. The molecule has 0 unspecified atom stereocenters. The van der Waals surface area contributed by atoms with Crippen molar-refractivity contribution >= 4 is 23.5 Å². The van der Waals surface area contributed by atoms with Crippen LogP contribution in [0, 0.1) is 12.8 Å². The molecule has 1 rings (SSSR count). The number of ketones is 1. The van der Waals surface area contributed by atoms with E-state index in [0.717, 1.165) is 11.8 Å². The van der Waals surface area contributed by atoms with Crippen molar-refractivity contribution in [2.24, 2.45) is 5.92 Å². The van der Waals surface area contributed by atoms with E-state index < -0.39 is 5.69 Å². The molecule has 0 aliphatic carbocycles. The van der Waals surface area contributed by atoms with Crippen LogP contribution in [-0.4, -0.2) is 33.5 Å². The molecule has 0 aromatic carbocycles. The summed E-state index contributed by atoms with van der Waals surface area (Å²) in [5.41, 5.74) is 0.321. The molecule has 21 heavy (non-hydrogen) atoms. The van der Waals surface area contributed by atoms with Crippen molar-refractivity contribution in [2.75, 3.05) is 5.75 Å². The van der Waals surface area contributed by atoms with Gasteiger partial charge in [-0.05, 0) is 26.7 Å². The van der Waals surface area contributed by atoms with E-state index >= 15 is 0 Å². The monoisotopic (exact) mass is 311 g/mol. The minimum Gasteiger partial charge on any atom is -0.353 e. The Hall–Kier alpha value is -1.63. The Balaban J connectivity index is 2.82. The van der Waals surface area contributed by atoms with E-state index in [9.17, 15) is 14.4 Å². The highest BCUT2D eigenvalue weighted by Gasteiger charge is 2.17. The maximum atomic E-state index is 11.9. The number of Topliss-reactive ketones (excluding diaryl/α,β-unsaturated/α-hetero) is 1. The third-order valence-corrected chi connectivity index (χ3v) is 4.14. The number of aromatic nitrogens is 2. The number of carbonyl (C=O) groups is 2. The molecule has 1 amide bonds. The second-order valence-corrected chi connectivity index (χ2v) is 6.26. The van der Waals surface area contributed by atoms with Crippen LogP contribution in [0.5, 0.6) is 0 Å². The summed E-state index contributed by atoms with van der Waals surface area (Å²) < 4.78 is 0. The van der Waals surface area contributed by atoms with E-state index in [1.54, 1.807) is 6.92 Å². The SMILES string of the molecule is CC(=O)c1c(SCC(=O)N[C@H](C)C(C)C)nc(=O)[nH]c1C. The van der Waals surface area contributed by atoms with E-state index in [1.807, 2.05) is 20.8 Å². The number of carbonyl (C=O) groups excluding carboxylic acids is 2. The molecule has 2 N–H and O–H groups in total. The lowest BCUT2D eigenvalue weighted by Crippen LogP contribution is -2.37. The number of nitrogens with one attached hydrogen (secondary N) is 2. The topological polar surface area (TPSA) is 91.9 Å². The van der Waals surface area contributed by atoms with Crippen LogP contribution in [0.2, 0.25) is 0 Å². The van der Waals surface area contributed by atoms with E-state index in [4.69, 9.17) is 0 Å². The summed E-state index contributed by atoms with van der Waals surface area (Å²) in [5, 5.41) is 3.17. The van der Waals surface area contributed by atoms with Gasteiger partial charge in [-0.3, -0.25) is 9.59 Å². The van der Waals surface area contributed by atoms with Crippen molar-refractivity contribution < 1.29 is 9.59 Å². The molecule has 0 saturated heterocycles. The Morgan fingerprint density at radius 3 is 2.48 bits per heavy atom. The third-order valence-electron chi connectivity index (χ3n) is 3.17. The van der Waals surface area contributed by atoms with Crippen molar-refractivity contribution in [1.29, 1.82) is 0 Å². The van der Waals surface area contributed by atoms with Crippen molar-refractivity contribution in [1.82, 2.24) is 15.3 Å². The van der Waals surface area contributed by atoms with Gasteiger partial charge in [-0.25, -0.2) is 4.79 Å². The number of thioether (sulfide) groups is 1. The van der Waals surface area contributed by atoms with Gasteiger partial charge in [0.1, 0.15) is 5.03 Å². The standard InChI is InChI=1S/C14H21N3O3S/c1-7(2)8(3)15-11(19)6-21-13-12(10(5)18)9(4)16-14(20)17-13/h7-8H,6H2,1-5H3,(H,15,19)(H,16,17,20)/t8-/m1/s1. The minimum atomic E-state index is -0.518. The molecule has 1 heterocycles. The lowest BCUT2D eigenvalue weighted by molar-refractivity contribution is -0.119. The molecule has 1 aromatic rings.